The third-order valence-electron chi connectivity index (χ3n) is 2.76. The van der Waals surface area contributed by atoms with Crippen molar-refractivity contribution in [2.24, 2.45) is 0 Å². The Kier molecular flexibility index (Phi) is 2.98. The fourth-order valence-corrected chi connectivity index (χ4v) is 3.96. The summed E-state index contributed by atoms with van der Waals surface area (Å²) in [6.45, 7) is 0. The minimum absolute atomic E-state index is 0.000440. The lowest BCUT2D eigenvalue weighted by molar-refractivity contribution is 0.665. The summed E-state index contributed by atoms with van der Waals surface area (Å²) in [5, 5.41) is 0.470. The molecular formula is C10H13ClN2OS. The van der Waals surface area contributed by atoms with E-state index in [-0.39, 0.29) is 5.25 Å². The normalized spacial score (nSPS) is 30.6. The average molecular weight is 245 g/mol. The number of nitrogens with one attached hydrogen (secondary N) is 1. The molecule has 2 rings (SSSR count). The van der Waals surface area contributed by atoms with Gasteiger partial charge in [0, 0.05) is 26.9 Å². The molecule has 2 atom stereocenters. The van der Waals surface area contributed by atoms with E-state index in [9.17, 15) is 4.21 Å². The average Bonchev–Trinajstić information content (AvgIpc) is 2.50. The third-order valence-corrected chi connectivity index (χ3v) is 5.36. The fraction of sp³-hybridized carbons (Fsp3) is 0.500. The van der Waals surface area contributed by atoms with E-state index in [1.54, 1.807) is 12.3 Å². The van der Waals surface area contributed by atoms with Gasteiger partial charge in [0.2, 0.25) is 0 Å². The molecule has 1 aliphatic heterocycles. The number of rotatable bonds is 2. The predicted octanol–water partition coefficient (Wildman–Crippen LogP) is 2.49. The largest absolute Gasteiger partial charge is 0.253 e. The lowest BCUT2D eigenvalue weighted by atomic mass is 10.1. The van der Waals surface area contributed by atoms with Crippen LogP contribution in [-0.2, 0) is 16.1 Å². The van der Waals surface area contributed by atoms with E-state index in [0.29, 0.717) is 17.3 Å². The molecule has 0 spiro atoms. The van der Waals surface area contributed by atoms with Crippen LogP contribution in [0.25, 0.3) is 0 Å². The van der Waals surface area contributed by atoms with Gasteiger partial charge in [-0.3, -0.25) is 4.78 Å². The van der Waals surface area contributed by atoms with Crippen molar-refractivity contribution in [1.82, 2.24) is 4.98 Å². The molecule has 0 amide bonds. The second kappa shape index (κ2) is 4.10. The Labute approximate surface area is 94.8 Å². The van der Waals surface area contributed by atoms with Crippen LogP contribution in [0.4, 0.5) is 0 Å². The molecule has 1 saturated heterocycles. The highest BCUT2D eigenvalue weighted by Gasteiger charge is 2.27. The first-order valence-electron chi connectivity index (χ1n) is 4.94. The Balaban J connectivity index is 2.12. The van der Waals surface area contributed by atoms with Crippen molar-refractivity contribution >= 4 is 21.3 Å². The third kappa shape index (κ3) is 2.49. The van der Waals surface area contributed by atoms with Crippen LogP contribution in [0.5, 0.6) is 0 Å². The molecule has 0 aromatic carbocycles. The Hall–Kier alpha value is -0.610. The van der Waals surface area contributed by atoms with E-state index in [2.05, 4.69) is 4.98 Å². The molecule has 1 aromatic rings. The van der Waals surface area contributed by atoms with Crippen molar-refractivity contribution in [2.75, 3.05) is 5.75 Å². The van der Waals surface area contributed by atoms with Gasteiger partial charge in [0.15, 0.2) is 0 Å². The van der Waals surface area contributed by atoms with E-state index in [0.717, 1.165) is 18.4 Å². The van der Waals surface area contributed by atoms with Crippen LogP contribution in [0.1, 0.15) is 18.4 Å². The summed E-state index contributed by atoms with van der Waals surface area (Å²) in [5.74, 6) is 0.554. The first-order valence-corrected chi connectivity index (χ1v) is 7.10. The molecule has 5 heteroatoms. The van der Waals surface area contributed by atoms with Crippen molar-refractivity contribution in [1.29, 1.82) is 4.78 Å². The highest BCUT2D eigenvalue weighted by Crippen LogP contribution is 2.24. The monoisotopic (exact) mass is 244 g/mol. The van der Waals surface area contributed by atoms with Gasteiger partial charge in [-0.15, -0.1) is 0 Å². The summed E-state index contributed by atoms with van der Waals surface area (Å²) in [4.78, 5) is 3.98. The van der Waals surface area contributed by atoms with E-state index in [1.165, 1.54) is 0 Å². The summed E-state index contributed by atoms with van der Waals surface area (Å²) in [6.07, 6.45) is 4.20. The molecule has 0 aliphatic carbocycles. The lowest BCUT2D eigenvalue weighted by Gasteiger charge is -2.10. The van der Waals surface area contributed by atoms with Crippen LogP contribution >= 0.6 is 11.6 Å². The van der Waals surface area contributed by atoms with Gasteiger partial charge in [-0.25, -0.2) is 9.19 Å². The van der Waals surface area contributed by atoms with Crippen molar-refractivity contribution < 1.29 is 4.21 Å². The molecule has 3 nitrogen and oxygen atoms in total. The first-order chi connectivity index (χ1) is 7.08. The standard InChI is InChI=1S/C10H13ClN2OS/c11-10-4-3-8(7-13-10)6-9-2-1-5-15(9,12)14/h3-4,7,9,12H,1-2,5-6H2. The highest BCUT2D eigenvalue weighted by molar-refractivity contribution is 7.93. The lowest BCUT2D eigenvalue weighted by Crippen LogP contribution is -2.17. The van der Waals surface area contributed by atoms with Gasteiger partial charge >= 0.3 is 0 Å². The van der Waals surface area contributed by atoms with Crippen LogP contribution in [0.2, 0.25) is 5.15 Å². The molecule has 0 bridgehead atoms. The Morgan fingerprint density at radius 2 is 2.40 bits per heavy atom. The van der Waals surface area contributed by atoms with Gasteiger partial charge in [0.1, 0.15) is 5.15 Å². The fourth-order valence-electron chi connectivity index (χ4n) is 1.91. The first kappa shape index (κ1) is 10.9. The van der Waals surface area contributed by atoms with Crippen molar-refractivity contribution in [2.45, 2.75) is 24.5 Å². The molecule has 1 aromatic heterocycles. The number of hydrogen-bond acceptors (Lipinski definition) is 3. The summed E-state index contributed by atoms with van der Waals surface area (Å²) >= 11 is 5.68. The number of halogens is 1. The second-order valence-electron chi connectivity index (χ2n) is 3.89. The number of aromatic nitrogens is 1. The maximum atomic E-state index is 11.8. The maximum absolute atomic E-state index is 11.8. The Morgan fingerprint density at radius 3 is 2.93 bits per heavy atom. The SMILES string of the molecule is N=S1(=O)CCCC1Cc1ccc(Cl)nc1. The Morgan fingerprint density at radius 1 is 1.60 bits per heavy atom. The maximum Gasteiger partial charge on any atom is 0.129 e. The smallest absolute Gasteiger partial charge is 0.129 e. The molecular weight excluding hydrogens is 232 g/mol. The van der Waals surface area contributed by atoms with Crippen LogP contribution < -0.4 is 0 Å². The van der Waals surface area contributed by atoms with Gasteiger partial charge in [0.05, 0.1) is 0 Å². The van der Waals surface area contributed by atoms with Crippen LogP contribution in [0.15, 0.2) is 18.3 Å². The van der Waals surface area contributed by atoms with Crippen molar-refractivity contribution in [3.63, 3.8) is 0 Å². The van der Waals surface area contributed by atoms with E-state index in [4.69, 9.17) is 16.4 Å². The zero-order chi connectivity index (χ0) is 10.9. The molecule has 1 fully saturated rings. The van der Waals surface area contributed by atoms with Gasteiger partial charge in [-0.2, -0.15) is 0 Å². The van der Waals surface area contributed by atoms with Crippen LogP contribution in [0, 0.1) is 4.78 Å². The quantitative estimate of drug-likeness (QED) is 0.813. The summed E-state index contributed by atoms with van der Waals surface area (Å²) in [5.41, 5.74) is 1.02. The van der Waals surface area contributed by atoms with Gasteiger partial charge in [-0.1, -0.05) is 17.7 Å². The van der Waals surface area contributed by atoms with Crippen molar-refractivity contribution in [3.8, 4) is 0 Å². The van der Waals surface area contributed by atoms with Gasteiger partial charge < -0.3 is 0 Å². The zero-order valence-corrected chi connectivity index (χ0v) is 9.85. The molecule has 1 N–H and O–H groups in total. The highest BCUT2D eigenvalue weighted by atomic mass is 35.5. The molecule has 15 heavy (non-hydrogen) atoms. The number of pyridine rings is 1. The molecule has 2 heterocycles. The van der Waals surface area contributed by atoms with Crippen molar-refractivity contribution in [3.05, 3.63) is 29.0 Å². The second-order valence-corrected chi connectivity index (χ2v) is 6.80. The summed E-state index contributed by atoms with van der Waals surface area (Å²) < 4.78 is 19.5. The van der Waals surface area contributed by atoms with E-state index < -0.39 is 9.73 Å². The number of hydrogen-bond donors (Lipinski definition) is 1. The van der Waals surface area contributed by atoms with E-state index >= 15 is 0 Å². The minimum Gasteiger partial charge on any atom is -0.253 e. The van der Waals surface area contributed by atoms with Gasteiger partial charge in [0.25, 0.3) is 0 Å². The van der Waals surface area contributed by atoms with Crippen LogP contribution in [-0.4, -0.2) is 20.2 Å². The minimum atomic E-state index is -2.36. The molecule has 2 unspecified atom stereocenters. The molecule has 1 aliphatic rings. The zero-order valence-electron chi connectivity index (χ0n) is 8.28. The molecule has 82 valence electrons. The molecule has 0 saturated carbocycles. The topological polar surface area (TPSA) is 53.8 Å². The predicted molar refractivity (Wildman–Crippen MR) is 61.7 cm³/mol. The van der Waals surface area contributed by atoms with E-state index in [1.807, 2.05) is 6.07 Å². The Bertz CT molecular complexity index is 441. The van der Waals surface area contributed by atoms with Gasteiger partial charge in [-0.05, 0) is 30.9 Å². The van der Waals surface area contributed by atoms with Crippen LogP contribution in [0.3, 0.4) is 0 Å². The number of nitrogens with zero attached hydrogens (tertiary/aromatic N) is 1. The summed E-state index contributed by atoms with van der Waals surface area (Å²) in [6, 6.07) is 3.63. The molecule has 0 radical (unpaired) electrons. The summed E-state index contributed by atoms with van der Waals surface area (Å²) in [7, 11) is -2.36.